The number of benzene rings is 3. The summed E-state index contributed by atoms with van der Waals surface area (Å²) in [6.07, 6.45) is 0. The number of fused-ring (bicyclic) bond motifs is 1. The fraction of sp³-hybridized carbons (Fsp3) is 0.0800. The van der Waals surface area contributed by atoms with Gasteiger partial charge in [-0.05, 0) is 49.0 Å². The Balaban J connectivity index is 1.72. The van der Waals surface area contributed by atoms with Crippen molar-refractivity contribution >= 4 is 39.9 Å². The maximum absolute atomic E-state index is 13.6. The first-order chi connectivity index (χ1) is 15.6. The van der Waals surface area contributed by atoms with Crippen molar-refractivity contribution in [3.8, 4) is 11.4 Å². The van der Waals surface area contributed by atoms with Crippen LogP contribution in [0.2, 0.25) is 0 Å². The van der Waals surface area contributed by atoms with Crippen molar-refractivity contribution in [3.63, 3.8) is 0 Å². The van der Waals surface area contributed by atoms with Crippen molar-refractivity contribution in [2.75, 3.05) is 5.32 Å². The van der Waals surface area contributed by atoms with Gasteiger partial charge in [0.1, 0.15) is 4.70 Å². The summed E-state index contributed by atoms with van der Waals surface area (Å²) in [4.78, 5) is 18.6. The zero-order valence-electron chi connectivity index (χ0n) is 17.4. The lowest BCUT2D eigenvalue weighted by molar-refractivity contribution is 0.927. The van der Waals surface area contributed by atoms with E-state index in [1.54, 1.807) is 4.57 Å². The van der Waals surface area contributed by atoms with E-state index >= 15 is 0 Å². The number of hydrogen-bond donors (Lipinski definition) is 1. The molecule has 7 heteroatoms. The molecule has 0 atom stereocenters. The number of rotatable bonds is 5. The second-order valence-corrected chi connectivity index (χ2v) is 9.09. The summed E-state index contributed by atoms with van der Waals surface area (Å²) in [7, 11) is 0. The molecule has 0 spiro atoms. The number of hydrogen-bond acceptors (Lipinski definition) is 5. The van der Waals surface area contributed by atoms with Crippen molar-refractivity contribution in [1.29, 1.82) is 0 Å². The second kappa shape index (κ2) is 8.53. The molecule has 2 heterocycles. The molecule has 0 unspecified atom stereocenters. The Kier molecular flexibility index (Phi) is 5.43. The minimum absolute atomic E-state index is 0.140. The van der Waals surface area contributed by atoms with Crippen molar-refractivity contribution in [2.45, 2.75) is 13.5 Å². The fourth-order valence-corrected chi connectivity index (χ4v) is 5.00. The maximum atomic E-state index is 13.6. The van der Waals surface area contributed by atoms with Crippen LogP contribution in [0.3, 0.4) is 0 Å². The SMILES string of the molecule is Cc1cccc(CNc2nc3c(sc(=S)n3-c3ccccc3)c(=O)n2-c2ccccc2)c1. The third kappa shape index (κ3) is 3.77. The highest BCUT2D eigenvalue weighted by Gasteiger charge is 2.18. The molecule has 5 rings (SSSR count). The Morgan fingerprint density at radius 1 is 0.906 bits per heavy atom. The summed E-state index contributed by atoms with van der Waals surface area (Å²) in [5.41, 5.74) is 4.36. The molecule has 0 amide bonds. The van der Waals surface area contributed by atoms with E-state index in [1.807, 2.05) is 71.3 Å². The van der Waals surface area contributed by atoms with Crippen LogP contribution in [0, 0.1) is 10.9 Å². The molecule has 0 saturated carbocycles. The number of nitrogens with one attached hydrogen (secondary N) is 1. The standard InChI is InChI=1S/C25H20N4OS2/c1-17-9-8-10-18(15-17)16-26-24-27-22-21(23(30)29(24)20-13-6-3-7-14-20)32-25(31)28(22)19-11-4-2-5-12-19/h2-15H,16H2,1H3,(H,26,27). The quantitative estimate of drug-likeness (QED) is 0.335. The van der Waals surface area contributed by atoms with E-state index in [2.05, 4.69) is 30.4 Å². The number of nitrogens with zero attached hydrogens (tertiary/aromatic N) is 3. The molecule has 1 N–H and O–H groups in total. The van der Waals surface area contributed by atoms with E-state index < -0.39 is 0 Å². The predicted octanol–water partition coefficient (Wildman–Crippen LogP) is 5.89. The first-order valence-corrected chi connectivity index (χ1v) is 11.4. The predicted molar refractivity (Wildman–Crippen MR) is 134 cm³/mol. The molecule has 0 fully saturated rings. The summed E-state index contributed by atoms with van der Waals surface area (Å²) in [6.45, 7) is 2.61. The van der Waals surface area contributed by atoms with Gasteiger partial charge in [-0.1, -0.05) is 77.6 Å². The first kappa shape index (κ1) is 20.4. The zero-order valence-corrected chi connectivity index (χ0v) is 19.0. The Bertz CT molecular complexity index is 1520. The van der Waals surface area contributed by atoms with Crippen LogP contribution in [0.15, 0.2) is 89.7 Å². The molecule has 0 aliphatic carbocycles. The third-order valence-electron chi connectivity index (χ3n) is 5.17. The van der Waals surface area contributed by atoms with E-state index in [4.69, 9.17) is 17.2 Å². The highest BCUT2D eigenvalue weighted by molar-refractivity contribution is 7.73. The van der Waals surface area contributed by atoms with Gasteiger partial charge in [0.05, 0.1) is 5.69 Å². The van der Waals surface area contributed by atoms with Gasteiger partial charge in [-0.15, -0.1) is 0 Å². The smallest absolute Gasteiger partial charge is 0.279 e. The van der Waals surface area contributed by atoms with E-state index in [1.165, 1.54) is 16.9 Å². The average Bonchev–Trinajstić information content (AvgIpc) is 3.15. The highest BCUT2D eigenvalue weighted by Crippen LogP contribution is 2.25. The van der Waals surface area contributed by atoms with Gasteiger partial charge in [-0.25, -0.2) is 4.57 Å². The number of aryl methyl sites for hydroxylation is 1. The average molecular weight is 457 g/mol. The monoisotopic (exact) mass is 456 g/mol. The minimum atomic E-state index is -0.140. The summed E-state index contributed by atoms with van der Waals surface area (Å²) >= 11 is 6.91. The van der Waals surface area contributed by atoms with E-state index in [0.717, 1.165) is 16.9 Å². The lowest BCUT2D eigenvalue weighted by Crippen LogP contribution is -2.23. The Labute approximate surface area is 194 Å². The minimum Gasteiger partial charge on any atom is -0.351 e. The number of anilines is 1. The van der Waals surface area contributed by atoms with Gasteiger partial charge in [0.25, 0.3) is 5.56 Å². The summed E-state index contributed by atoms with van der Waals surface area (Å²) in [5, 5.41) is 3.39. The van der Waals surface area contributed by atoms with Crippen LogP contribution < -0.4 is 10.9 Å². The van der Waals surface area contributed by atoms with Crippen LogP contribution in [0.5, 0.6) is 0 Å². The largest absolute Gasteiger partial charge is 0.351 e. The number of aromatic nitrogens is 3. The molecule has 158 valence electrons. The van der Waals surface area contributed by atoms with Crippen molar-refractivity contribution in [2.24, 2.45) is 0 Å². The second-order valence-electron chi connectivity index (χ2n) is 7.45. The third-order valence-corrected chi connectivity index (χ3v) is 6.52. The molecule has 5 nitrogen and oxygen atoms in total. The van der Waals surface area contributed by atoms with Crippen molar-refractivity contribution < 1.29 is 0 Å². The van der Waals surface area contributed by atoms with Crippen LogP contribution in [0.4, 0.5) is 5.95 Å². The zero-order chi connectivity index (χ0) is 22.1. The molecule has 0 aliphatic heterocycles. The lowest BCUT2D eigenvalue weighted by atomic mass is 10.1. The molecule has 2 aromatic heterocycles. The van der Waals surface area contributed by atoms with Crippen LogP contribution in [-0.2, 0) is 6.54 Å². The molecule has 0 saturated heterocycles. The first-order valence-electron chi connectivity index (χ1n) is 10.2. The normalized spacial score (nSPS) is 11.0. The number of thiazole rings is 1. The van der Waals surface area contributed by atoms with E-state index in [9.17, 15) is 4.79 Å². The Morgan fingerprint density at radius 2 is 1.56 bits per heavy atom. The van der Waals surface area contributed by atoms with Gasteiger partial charge < -0.3 is 5.32 Å². The molecule has 5 aromatic rings. The lowest BCUT2D eigenvalue weighted by Gasteiger charge is -2.15. The van der Waals surface area contributed by atoms with E-state index in [0.29, 0.717) is 26.8 Å². The molecule has 0 aliphatic rings. The van der Waals surface area contributed by atoms with Crippen LogP contribution in [-0.4, -0.2) is 14.1 Å². The molecule has 0 bridgehead atoms. The van der Waals surface area contributed by atoms with Crippen molar-refractivity contribution in [3.05, 3.63) is 110 Å². The summed E-state index contributed by atoms with van der Waals surface area (Å²) in [6, 6.07) is 27.6. The number of para-hydroxylation sites is 2. The molecule has 32 heavy (non-hydrogen) atoms. The van der Waals surface area contributed by atoms with Crippen LogP contribution in [0.25, 0.3) is 21.7 Å². The van der Waals surface area contributed by atoms with Crippen LogP contribution in [0.1, 0.15) is 11.1 Å². The van der Waals surface area contributed by atoms with Gasteiger partial charge in [0, 0.05) is 12.2 Å². The molecule has 3 aromatic carbocycles. The van der Waals surface area contributed by atoms with Gasteiger partial charge in [-0.2, -0.15) is 4.98 Å². The Hall–Kier alpha value is -3.55. The molecular weight excluding hydrogens is 436 g/mol. The van der Waals surface area contributed by atoms with E-state index in [-0.39, 0.29) is 5.56 Å². The van der Waals surface area contributed by atoms with Crippen LogP contribution >= 0.6 is 23.6 Å². The van der Waals surface area contributed by atoms with Gasteiger partial charge in [-0.3, -0.25) is 9.36 Å². The van der Waals surface area contributed by atoms with Crippen molar-refractivity contribution in [1.82, 2.24) is 14.1 Å². The molecular formula is C25H20N4OS2. The fourth-order valence-electron chi connectivity index (χ4n) is 3.70. The summed E-state index contributed by atoms with van der Waals surface area (Å²) in [5.74, 6) is 0.479. The summed E-state index contributed by atoms with van der Waals surface area (Å²) < 4.78 is 4.61. The highest BCUT2D eigenvalue weighted by atomic mass is 32.1. The maximum Gasteiger partial charge on any atom is 0.279 e. The van der Waals surface area contributed by atoms with Gasteiger partial charge in [0.15, 0.2) is 9.60 Å². The Morgan fingerprint density at radius 3 is 2.22 bits per heavy atom. The topological polar surface area (TPSA) is 51.9 Å². The van der Waals surface area contributed by atoms with Gasteiger partial charge >= 0.3 is 0 Å². The van der Waals surface area contributed by atoms with Gasteiger partial charge in [0.2, 0.25) is 5.95 Å². The molecule has 0 radical (unpaired) electrons.